The van der Waals surface area contributed by atoms with E-state index in [-0.39, 0.29) is 34.8 Å². The molecule has 10 heteroatoms. The highest BCUT2D eigenvalue weighted by Gasteiger charge is 2.30. The Labute approximate surface area is 177 Å². The van der Waals surface area contributed by atoms with E-state index in [1.54, 1.807) is 9.80 Å². The summed E-state index contributed by atoms with van der Waals surface area (Å²) < 4.78 is 58.5. The first-order valence-corrected chi connectivity index (χ1v) is 10.1. The number of rotatable bonds is 7. The molecule has 1 aliphatic carbocycles. The highest BCUT2D eigenvalue weighted by Crippen LogP contribution is 2.29. The molecular weight excluding hydrogens is 420 g/mol. The number of carbonyl (C=O) groups excluding carboxylic acids is 2. The van der Waals surface area contributed by atoms with Crippen LogP contribution in [-0.4, -0.2) is 61.0 Å². The van der Waals surface area contributed by atoms with Crippen molar-refractivity contribution < 1.29 is 36.6 Å². The van der Waals surface area contributed by atoms with Crippen LogP contribution >= 0.6 is 0 Å². The van der Waals surface area contributed by atoms with Crippen LogP contribution in [0.1, 0.15) is 31.2 Å². The van der Waals surface area contributed by atoms with Crippen molar-refractivity contribution in [2.75, 3.05) is 26.2 Å². The van der Waals surface area contributed by atoms with E-state index in [4.69, 9.17) is 0 Å². The number of nitrogens with zero attached hydrogens (tertiary/aromatic N) is 2. The molecular formula is C21H24F4N2O4. The van der Waals surface area contributed by atoms with Crippen molar-refractivity contribution in [3.63, 3.8) is 0 Å². The maximum atomic E-state index is 12.7. The lowest BCUT2D eigenvalue weighted by molar-refractivity contribution is -0.140. The molecule has 170 valence electrons. The topological polar surface area (TPSA) is 59.1 Å². The number of halogens is 4. The Hall–Kier alpha value is -2.78. The van der Waals surface area contributed by atoms with E-state index in [0.717, 1.165) is 31.7 Å². The normalized spacial score (nSPS) is 17.7. The van der Waals surface area contributed by atoms with Crippen LogP contribution in [-0.2, 0) is 9.59 Å². The molecule has 1 saturated heterocycles. The first kappa shape index (κ1) is 22.9. The van der Waals surface area contributed by atoms with Gasteiger partial charge in [-0.25, -0.2) is 0 Å². The lowest BCUT2D eigenvalue weighted by atomic mass is 10.1. The molecule has 31 heavy (non-hydrogen) atoms. The number of benzene rings is 1. The summed E-state index contributed by atoms with van der Waals surface area (Å²) in [7, 11) is 0. The molecule has 2 amide bonds. The Kier molecular flexibility index (Phi) is 7.75. The van der Waals surface area contributed by atoms with Gasteiger partial charge in [0, 0.05) is 49.8 Å². The van der Waals surface area contributed by atoms with Crippen molar-refractivity contribution in [2.45, 2.75) is 38.9 Å². The molecule has 6 nitrogen and oxygen atoms in total. The third-order valence-electron chi connectivity index (χ3n) is 5.44. The predicted octanol–water partition coefficient (Wildman–Crippen LogP) is 3.76. The molecule has 0 radical (unpaired) electrons. The van der Waals surface area contributed by atoms with Crippen LogP contribution in [0.3, 0.4) is 0 Å². The van der Waals surface area contributed by atoms with Crippen molar-refractivity contribution >= 4 is 17.9 Å². The highest BCUT2D eigenvalue weighted by atomic mass is 19.3. The summed E-state index contributed by atoms with van der Waals surface area (Å²) in [5, 5.41) is 0. The first-order valence-electron chi connectivity index (χ1n) is 10.1. The fourth-order valence-electron chi connectivity index (χ4n) is 3.87. The van der Waals surface area contributed by atoms with Gasteiger partial charge in [-0.2, -0.15) is 17.6 Å². The smallest absolute Gasteiger partial charge is 0.387 e. The average Bonchev–Trinajstić information content (AvgIpc) is 3.26. The van der Waals surface area contributed by atoms with Crippen LogP contribution in [0.5, 0.6) is 11.5 Å². The van der Waals surface area contributed by atoms with E-state index >= 15 is 0 Å². The number of hydrogen-bond acceptors (Lipinski definition) is 4. The molecule has 1 heterocycles. The van der Waals surface area contributed by atoms with Gasteiger partial charge < -0.3 is 19.3 Å². The number of alkyl halides is 4. The third kappa shape index (κ3) is 6.35. The quantitative estimate of drug-likeness (QED) is 0.475. The van der Waals surface area contributed by atoms with E-state index in [1.165, 1.54) is 24.3 Å². The average molecular weight is 444 g/mol. The SMILES string of the molecule is O=C(/C=C/c1ccc(OC(F)F)cc1OC(F)F)N1CCN(C(=O)C2CCCC2)CC1. The number of hydrogen-bond donors (Lipinski definition) is 0. The lowest BCUT2D eigenvalue weighted by Crippen LogP contribution is -2.51. The second-order valence-corrected chi connectivity index (χ2v) is 7.42. The molecule has 1 aromatic carbocycles. The zero-order chi connectivity index (χ0) is 22.4. The van der Waals surface area contributed by atoms with Crippen molar-refractivity contribution in [2.24, 2.45) is 5.92 Å². The van der Waals surface area contributed by atoms with E-state index in [1.807, 2.05) is 0 Å². The standard InChI is InChI=1S/C21H24F4N2O4/c22-20(23)30-16-7-5-14(17(13-16)31-21(24)25)6-8-18(28)26-9-11-27(12-10-26)19(29)15-3-1-2-4-15/h5-8,13,15,20-21H,1-4,9-12H2/b8-6+. The van der Waals surface area contributed by atoms with Crippen LogP contribution in [0.25, 0.3) is 6.08 Å². The Morgan fingerprint density at radius 2 is 1.55 bits per heavy atom. The molecule has 2 aliphatic rings. The maximum Gasteiger partial charge on any atom is 0.387 e. The summed E-state index contributed by atoms with van der Waals surface area (Å²) in [6, 6.07) is 3.33. The molecule has 1 aliphatic heterocycles. The fourth-order valence-corrected chi connectivity index (χ4v) is 3.87. The molecule has 1 aromatic rings. The van der Waals surface area contributed by atoms with E-state index in [2.05, 4.69) is 9.47 Å². The van der Waals surface area contributed by atoms with Gasteiger partial charge in [-0.05, 0) is 31.1 Å². The van der Waals surface area contributed by atoms with Gasteiger partial charge in [0.2, 0.25) is 11.8 Å². The minimum Gasteiger partial charge on any atom is -0.435 e. The molecule has 2 fully saturated rings. The van der Waals surface area contributed by atoms with Gasteiger partial charge >= 0.3 is 13.2 Å². The van der Waals surface area contributed by atoms with E-state index in [9.17, 15) is 27.2 Å². The monoisotopic (exact) mass is 444 g/mol. The van der Waals surface area contributed by atoms with Gasteiger partial charge in [0.25, 0.3) is 0 Å². The molecule has 0 unspecified atom stereocenters. The van der Waals surface area contributed by atoms with Gasteiger partial charge in [-0.15, -0.1) is 0 Å². The minimum atomic E-state index is -3.17. The Morgan fingerprint density at radius 3 is 2.16 bits per heavy atom. The molecule has 1 saturated carbocycles. The van der Waals surface area contributed by atoms with Crippen LogP contribution in [0.15, 0.2) is 24.3 Å². The summed E-state index contributed by atoms with van der Waals surface area (Å²) >= 11 is 0. The molecule has 0 bridgehead atoms. The Bertz CT molecular complexity index is 805. The van der Waals surface area contributed by atoms with Crippen LogP contribution in [0.2, 0.25) is 0 Å². The summed E-state index contributed by atoms with van der Waals surface area (Å²) in [6.45, 7) is -4.62. The zero-order valence-electron chi connectivity index (χ0n) is 16.8. The largest absolute Gasteiger partial charge is 0.435 e. The molecule has 0 N–H and O–H groups in total. The molecule has 3 rings (SSSR count). The summed E-state index contributed by atoms with van der Waals surface area (Å²) in [5.41, 5.74) is 0.116. The van der Waals surface area contributed by atoms with E-state index < -0.39 is 13.2 Å². The summed E-state index contributed by atoms with van der Waals surface area (Å²) in [5.74, 6) is -0.822. The van der Waals surface area contributed by atoms with Gasteiger partial charge in [-0.3, -0.25) is 9.59 Å². The second-order valence-electron chi connectivity index (χ2n) is 7.42. The Balaban J connectivity index is 1.59. The third-order valence-corrected chi connectivity index (χ3v) is 5.44. The number of amides is 2. The van der Waals surface area contributed by atoms with E-state index in [0.29, 0.717) is 26.2 Å². The minimum absolute atomic E-state index is 0.0902. The van der Waals surface area contributed by atoms with Gasteiger partial charge in [0.15, 0.2) is 0 Å². The number of ether oxygens (including phenoxy) is 2. The first-order chi connectivity index (χ1) is 14.8. The predicted molar refractivity (Wildman–Crippen MR) is 104 cm³/mol. The molecule has 0 aromatic heterocycles. The fraction of sp³-hybridized carbons (Fsp3) is 0.524. The van der Waals surface area contributed by atoms with Gasteiger partial charge in [0.05, 0.1) is 0 Å². The highest BCUT2D eigenvalue weighted by molar-refractivity contribution is 5.92. The van der Waals surface area contributed by atoms with Crippen LogP contribution < -0.4 is 9.47 Å². The summed E-state index contributed by atoms with van der Waals surface area (Å²) in [4.78, 5) is 28.3. The maximum absolute atomic E-state index is 12.7. The van der Waals surface area contributed by atoms with Crippen LogP contribution in [0.4, 0.5) is 17.6 Å². The van der Waals surface area contributed by atoms with Crippen LogP contribution in [0, 0.1) is 5.92 Å². The molecule has 0 atom stereocenters. The van der Waals surface area contributed by atoms with Crippen molar-refractivity contribution in [3.8, 4) is 11.5 Å². The van der Waals surface area contributed by atoms with Gasteiger partial charge in [0.1, 0.15) is 11.5 Å². The lowest BCUT2D eigenvalue weighted by Gasteiger charge is -2.35. The van der Waals surface area contributed by atoms with Crippen molar-refractivity contribution in [3.05, 3.63) is 29.8 Å². The summed E-state index contributed by atoms with van der Waals surface area (Å²) in [6.07, 6.45) is 6.48. The zero-order valence-corrected chi connectivity index (χ0v) is 16.8. The second kappa shape index (κ2) is 10.5. The number of piperazine rings is 1. The molecule has 0 spiro atoms. The number of carbonyl (C=O) groups is 2. The van der Waals surface area contributed by atoms with Crippen molar-refractivity contribution in [1.29, 1.82) is 0 Å². The van der Waals surface area contributed by atoms with Crippen molar-refractivity contribution in [1.82, 2.24) is 9.80 Å². The van der Waals surface area contributed by atoms with Gasteiger partial charge in [-0.1, -0.05) is 12.8 Å². The Morgan fingerprint density at radius 1 is 0.935 bits per heavy atom.